The summed E-state index contributed by atoms with van der Waals surface area (Å²) in [7, 11) is 0. The number of aromatic nitrogens is 3. The van der Waals surface area contributed by atoms with Gasteiger partial charge in [0, 0.05) is 73.7 Å². The number of rotatable bonds is 5. The van der Waals surface area contributed by atoms with Gasteiger partial charge in [-0.1, -0.05) is 178 Å². The Hall–Kier alpha value is -9.20. The van der Waals surface area contributed by atoms with E-state index in [2.05, 4.69) is 237 Å². The van der Waals surface area contributed by atoms with Gasteiger partial charge in [-0.25, -0.2) is 9.97 Å². The Balaban J connectivity index is 0.930. The van der Waals surface area contributed by atoms with Gasteiger partial charge in [-0.05, 0) is 116 Å². The fourth-order valence-electron chi connectivity index (χ4n) is 13.2. The van der Waals surface area contributed by atoms with Gasteiger partial charge in [0.05, 0.1) is 22.4 Å². The summed E-state index contributed by atoms with van der Waals surface area (Å²) in [5, 5.41) is 11.7. The van der Waals surface area contributed by atoms with Crippen LogP contribution in [0, 0.1) is 0 Å². The number of fused-ring (bicyclic) bond motifs is 16. The fraction of sp³-hybridized carbons (Fsp3) is 0.0423. The molecule has 5 aromatic heterocycles. The van der Waals surface area contributed by atoms with E-state index in [1.54, 1.807) is 11.3 Å². The summed E-state index contributed by atoms with van der Waals surface area (Å²) in [6.45, 7) is 4.71. The Morgan fingerprint density at radius 2 is 1.10 bits per heavy atom. The summed E-state index contributed by atoms with van der Waals surface area (Å²) in [6.07, 6.45) is 0. The molecule has 16 aromatic rings. The van der Waals surface area contributed by atoms with Crippen LogP contribution in [-0.4, -0.2) is 14.5 Å². The number of para-hydroxylation sites is 2. The number of benzene rings is 11. The van der Waals surface area contributed by atoms with Crippen molar-refractivity contribution in [3.63, 3.8) is 0 Å². The Morgan fingerprint density at radius 3 is 2.01 bits per heavy atom. The molecule has 0 N–H and O–H groups in total. The second-order valence-electron chi connectivity index (χ2n) is 21.1. The molecule has 0 unspecified atom stereocenters. The first kappa shape index (κ1) is 43.1. The SMILES string of the molecule is CC1(C)c2ccccc2-c2ccc(-c3ccc4sc5nc(-c6ccc(-n7c8ccccc8c8c(-c9ccccc9)c9ccccc9cc87)c7c6sc6ccccc67)nc(-c6cccc7oc8ccccc8c67)c5c4c3)cc21. The normalized spacial score (nSPS) is 13.2. The molecular weight excluding hydrogens is 975 g/mol. The van der Waals surface area contributed by atoms with Crippen molar-refractivity contribution in [2.45, 2.75) is 19.3 Å². The number of hydrogen-bond acceptors (Lipinski definition) is 5. The van der Waals surface area contributed by atoms with E-state index in [1.165, 1.54) is 91.7 Å². The molecule has 1 aliphatic rings. The molecule has 0 amide bonds. The highest BCUT2D eigenvalue weighted by atomic mass is 32.1. The zero-order chi connectivity index (χ0) is 50.7. The molecule has 360 valence electrons. The van der Waals surface area contributed by atoms with E-state index in [4.69, 9.17) is 14.4 Å². The van der Waals surface area contributed by atoms with E-state index >= 15 is 0 Å². The maximum absolute atomic E-state index is 6.58. The second-order valence-corrected chi connectivity index (χ2v) is 23.2. The van der Waals surface area contributed by atoms with E-state index < -0.39 is 0 Å². The van der Waals surface area contributed by atoms with Crippen LogP contribution in [-0.2, 0) is 5.41 Å². The molecule has 0 fully saturated rings. The molecule has 17 rings (SSSR count). The molecule has 4 nitrogen and oxygen atoms in total. The molecule has 0 radical (unpaired) electrons. The number of hydrogen-bond donors (Lipinski definition) is 0. The molecule has 0 atom stereocenters. The Morgan fingerprint density at radius 1 is 0.416 bits per heavy atom. The molecule has 0 saturated carbocycles. The first-order valence-electron chi connectivity index (χ1n) is 26.3. The predicted molar refractivity (Wildman–Crippen MR) is 326 cm³/mol. The van der Waals surface area contributed by atoms with Gasteiger partial charge in [0.2, 0.25) is 0 Å². The van der Waals surface area contributed by atoms with Gasteiger partial charge in [-0.15, -0.1) is 22.7 Å². The van der Waals surface area contributed by atoms with Gasteiger partial charge in [0.15, 0.2) is 5.82 Å². The highest BCUT2D eigenvalue weighted by Crippen LogP contribution is 2.52. The average Bonchev–Trinajstić information content (AvgIpc) is 4.37. The fourth-order valence-corrected chi connectivity index (χ4v) is 15.4. The maximum Gasteiger partial charge on any atom is 0.162 e. The van der Waals surface area contributed by atoms with Crippen LogP contribution < -0.4 is 0 Å². The third-order valence-electron chi connectivity index (χ3n) is 16.6. The molecule has 77 heavy (non-hydrogen) atoms. The lowest BCUT2D eigenvalue weighted by Gasteiger charge is -2.22. The molecule has 0 bridgehead atoms. The van der Waals surface area contributed by atoms with Gasteiger partial charge in [-0.3, -0.25) is 0 Å². The van der Waals surface area contributed by atoms with Crippen molar-refractivity contribution in [1.29, 1.82) is 0 Å². The van der Waals surface area contributed by atoms with Crippen molar-refractivity contribution in [1.82, 2.24) is 14.5 Å². The van der Waals surface area contributed by atoms with Crippen LogP contribution in [0.2, 0.25) is 0 Å². The first-order valence-corrected chi connectivity index (χ1v) is 27.9. The van der Waals surface area contributed by atoms with Crippen molar-refractivity contribution in [2.24, 2.45) is 0 Å². The minimum atomic E-state index is -0.104. The van der Waals surface area contributed by atoms with Crippen LogP contribution in [0.1, 0.15) is 25.0 Å². The van der Waals surface area contributed by atoms with E-state index in [0.29, 0.717) is 5.82 Å². The summed E-state index contributed by atoms with van der Waals surface area (Å²) in [4.78, 5) is 12.5. The Labute approximate surface area is 450 Å². The largest absolute Gasteiger partial charge is 0.456 e. The van der Waals surface area contributed by atoms with E-state index in [1.807, 2.05) is 17.4 Å². The highest BCUT2D eigenvalue weighted by molar-refractivity contribution is 7.26. The summed E-state index contributed by atoms with van der Waals surface area (Å²) in [5.74, 6) is 0.701. The summed E-state index contributed by atoms with van der Waals surface area (Å²) >= 11 is 3.57. The summed E-state index contributed by atoms with van der Waals surface area (Å²) < 4.78 is 12.6. The third kappa shape index (κ3) is 6.08. The van der Waals surface area contributed by atoms with Gasteiger partial charge in [0.1, 0.15) is 16.0 Å². The number of furan rings is 1. The lowest BCUT2D eigenvalue weighted by atomic mass is 9.81. The third-order valence-corrected chi connectivity index (χ3v) is 18.9. The number of thiophene rings is 2. The zero-order valence-electron chi connectivity index (χ0n) is 41.9. The van der Waals surface area contributed by atoms with Gasteiger partial charge in [0.25, 0.3) is 0 Å². The van der Waals surface area contributed by atoms with Crippen LogP contribution in [0.15, 0.2) is 229 Å². The lowest BCUT2D eigenvalue weighted by molar-refractivity contribution is 0.660. The summed E-state index contributed by atoms with van der Waals surface area (Å²) in [6, 6.07) is 82.1. The first-order chi connectivity index (χ1) is 37.9. The second kappa shape index (κ2) is 15.9. The monoisotopic (exact) mass is 1020 g/mol. The van der Waals surface area contributed by atoms with E-state index in [-0.39, 0.29) is 5.41 Å². The van der Waals surface area contributed by atoms with Crippen LogP contribution in [0.25, 0.3) is 157 Å². The van der Waals surface area contributed by atoms with Gasteiger partial charge in [-0.2, -0.15) is 0 Å². The lowest BCUT2D eigenvalue weighted by Crippen LogP contribution is -2.14. The molecule has 1 aliphatic carbocycles. The van der Waals surface area contributed by atoms with Crippen molar-refractivity contribution < 1.29 is 4.42 Å². The number of nitrogens with zero attached hydrogens (tertiary/aromatic N) is 3. The quantitative estimate of drug-likeness (QED) is 0.173. The van der Waals surface area contributed by atoms with Crippen LogP contribution in [0.5, 0.6) is 0 Å². The predicted octanol–water partition coefficient (Wildman–Crippen LogP) is 20.3. The minimum absolute atomic E-state index is 0.104. The van der Waals surface area contributed by atoms with Crippen molar-refractivity contribution in [2.75, 3.05) is 0 Å². The van der Waals surface area contributed by atoms with E-state index in [9.17, 15) is 0 Å². The average molecular weight is 1020 g/mol. The smallest absolute Gasteiger partial charge is 0.162 e. The van der Waals surface area contributed by atoms with Crippen molar-refractivity contribution >= 4 is 118 Å². The maximum atomic E-state index is 6.58. The standard InChI is InChI=1S/C71H43N3OS2/c1-71(2)53-26-12-8-21-45(53)46-33-31-42(38-54(46)71)41-32-36-61-52(37-41)66-67(50-25-16-29-59-63(50)48-23-10-14-28-58(48)75-59)72-69(73-70(66)77-61)51-34-35-56(65-49-24-11-15-30-60(49)76-68(51)65)74-55-27-13-9-22-47(55)64-57(74)39-43-19-6-7-20-44(43)62(64)40-17-4-3-5-18-40/h3-39H,1-2H3. The molecule has 0 saturated heterocycles. The molecule has 11 aromatic carbocycles. The minimum Gasteiger partial charge on any atom is -0.456 e. The van der Waals surface area contributed by atoms with Gasteiger partial charge >= 0.3 is 0 Å². The summed E-state index contributed by atoms with van der Waals surface area (Å²) in [5.41, 5.74) is 18.2. The van der Waals surface area contributed by atoms with Crippen molar-refractivity contribution in [3.05, 3.63) is 236 Å². The van der Waals surface area contributed by atoms with Crippen LogP contribution in [0.3, 0.4) is 0 Å². The molecular formula is C71H43N3OS2. The van der Waals surface area contributed by atoms with Gasteiger partial charge < -0.3 is 8.98 Å². The molecule has 5 heterocycles. The molecule has 0 aliphatic heterocycles. The van der Waals surface area contributed by atoms with E-state index in [0.717, 1.165) is 70.3 Å². The van der Waals surface area contributed by atoms with Crippen molar-refractivity contribution in [3.8, 4) is 61.7 Å². The Kier molecular flexibility index (Phi) is 8.91. The highest BCUT2D eigenvalue weighted by Gasteiger charge is 2.35. The van der Waals surface area contributed by atoms with Crippen LogP contribution >= 0.6 is 22.7 Å². The van der Waals surface area contributed by atoms with Crippen LogP contribution in [0.4, 0.5) is 0 Å². The topological polar surface area (TPSA) is 43.9 Å². The zero-order valence-corrected chi connectivity index (χ0v) is 43.6. The molecule has 6 heteroatoms. The Bertz CT molecular complexity index is 5210. The molecule has 0 spiro atoms.